The SMILES string of the molecule is CCC(C)NC(C(=O)O)c1ccccc1Cl. The molecular formula is C12H16ClNO2. The fourth-order valence-corrected chi connectivity index (χ4v) is 1.65. The van der Waals surface area contributed by atoms with Crippen LogP contribution in [0.4, 0.5) is 0 Å². The van der Waals surface area contributed by atoms with Crippen LogP contribution in [0.15, 0.2) is 24.3 Å². The van der Waals surface area contributed by atoms with Crippen molar-refractivity contribution in [1.29, 1.82) is 0 Å². The van der Waals surface area contributed by atoms with E-state index in [0.29, 0.717) is 10.6 Å². The molecule has 0 radical (unpaired) electrons. The summed E-state index contributed by atoms with van der Waals surface area (Å²) in [6.45, 7) is 3.95. The number of carbonyl (C=O) groups is 1. The lowest BCUT2D eigenvalue weighted by Gasteiger charge is -2.20. The smallest absolute Gasteiger partial charge is 0.325 e. The van der Waals surface area contributed by atoms with E-state index >= 15 is 0 Å². The lowest BCUT2D eigenvalue weighted by molar-refractivity contribution is -0.139. The van der Waals surface area contributed by atoms with Gasteiger partial charge in [-0.1, -0.05) is 36.7 Å². The van der Waals surface area contributed by atoms with Crippen molar-refractivity contribution in [3.63, 3.8) is 0 Å². The number of carboxylic acids is 1. The van der Waals surface area contributed by atoms with Crippen LogP contribution in [0.1, 0.15) is 31.9 Å². The molecule has 0 heterocycles. The van der Waals surface area contributed by atoms with Gasteiger partial charge in [0.25, 0.3) is 0 Å². The predicted molar refractivity (Wildman–Crippen MR) is 64.7 cm³/mol. The van der Waals surface area contributed by atoms with Crippen molar-refractivity contribution in [1.82, 2.24) is 5.32 Å². The molecule has 0 saturated carbocycles. The van der Waals surface area contributed by atoms with Gasteiger partial charge in [0, 0.05) is 11.1 Å². The first kappa shape index (κ1) is 13.0. The summed E-state index contributed by atoms with van der Waals surface area (Å²) >= 11 is 5.99. The van der Waals surface area contributed by atoms with Gasteiger partial charge in [-0.3, -0.25) is 10.1 Å². The summed E-state index contributed by atoms with van der Waals surface area (Å²) in [5.74, 6) is -0.909. The molecule has 0 aromatic heterocycles. The summed E-state index contributed by atoms with van der Waals surface area (Å²) in [5.41, 5.74) is 0.608. The molecule has 1 aromatic rings. The van der Waals surface area contributed by atoms with Crippen molar-refractivity contribution in [2.45, 2.75) is 32.4 Å². The number of benzene rings is 1. The van der Waals surface area contributed by atoms with Crippen LogP contribution in [-0.4, -0.2) is 17.1 Å². The molecule has 4 heteroatoms. The standard InChI is InChI=1S/C12H16ClNO2/c1-3-8(2)14-11(12(15)16)9-6-4-5-7-10(9)13/h4-8,11,14H,3H2,1-2H3,(H,15,16). The van der Waals surface area contributed by atoms with E-state index in [9.17, 15) is 9.90 Å². The Morgan fingerprint density at radius 1 is 1.50 bits per heavy atom. The molecule has 3 nitrogen and oxygen atoms in total. The summed E-state index contributed by atoms with van der Waals surface area (Å²) in [6, 6.07) is 6.39. The third-order valence-corrected chi connectivity index (χ3v) is 2.87. The molecule has 0 fully saturated rings. The minimum absolute atomic E-state index is 0.136. The van der Waals surface area contributed by atoms with Gasteiger partial charge >= 0.3 is 5.97 Å². The number of aliphatic carboxylic acids is 1. The van der Waals surface area contributed by atoms with Crippen LogP contribution < -0.4 is 5.32 Å². The van der Waals surface area contributed by atoms with Crippen LogP contribution in [0.2, 0.25) is 5.02 Å². The zero-order valence-electron chi connectivity index (χ0n) is 9.40. The van der Waals surface area contributed by atoms with Crippen molar-refractivity contribution in [3.8, 4) is 0 Å². The van der Waals surface area contributed by atoms with Gasteiger partial charge in [-0.05, 0) is 25.0 Å². The molecule has 0 aliphatic heterocycles. The number of hydrogen-bond donors (Lipinski definition) is 2. The van der Waals surface area contributed by atoms with E-state index in [-0.39, 0.29) is 6.04 Å². The van der Waals surface area contributed by atoms with Gasteiger partial charge in [-0.25, -0.2) is 0 Å². The molecule has 2 atom stereocenters. The van der Waals surface area contributed by atoms with E-state index in [1.165, 1.54) is 0 Å². The highest BCUT2D eigenvalue weighted by Gasteiger charge is 2.22. The highest BCUT2D eigenvalue weighted by Crippen LogP contribution is 2.23. The van der Waals surface area contributed by atoms with Crippen molar-refractivity contribution >= 4 is 17.6 Å². The lowest BCUT2D eigenvalue weighted by Crippen LogP contribution is -2.35. The maximum Gasteiger partial charge on any atom is 0.325 e. The molecule has 16 heavy (non-hydrogen) atoms. The van der Waals surface area contributed by atoms with Crippen molar-refractivity contribution < 1.29 is 9.90 Å². The number of halogens is 1. The average molecular weight is 242 g/mol. The third-order valence-electron chi connectivity index (χ3n) is 2.53. The topological polar surface area (TPSA) is 49.3 Å². The Balaban J connectivity index is 2.94. The largest absolute Gasteiger partial charge is 0.480 e. The van der Waals surface area contributed by atoms with E-state index in [0.717, 1.165) is 6.42 Å². The molecule has 0 bridgehead atoms. The number of carboxylic acid groups (broad SMARTS) is 1. The Morgan fingerprint density at radius 2 is 2.12 bits per heavy atom. The molecule has 88 valence electrons. The average Bonchev–Trinajstić information content (AvgIpc) is 2.26. The van der Waals surface area contributed by atoms with Gasteiger partial charge in [-0.2, -0.15) is 0 Å². The normalized spacial score (nSPS) is 14.4. The van der Waals surface area contributed by atoms with Crippen LogP contribution in [0, 0.1) is 0 Å². The van der Waals surface area contributed by atoms with E-state index in [4.69, 9.17) is 11.6 Å². The van der Waals surface area contributed by atoms with Gasteiger partial charge in [0.05, 0.1) is 0 Å². The van der Waals surface area contributed by atoms with E-state index in [1.54, 1.807) is 24.3 Å². The monoisotopic (exact) mass is 241 g/mol. The maximum atomic E-state index is 11.2. The summed E-state index contributed by atoms with van der Waals surface area (Å²) < 4.78 is 0. The minimum Gasteiger partial charge on any atom is -0.480 e. The van der Waals surface area contributed by atoms with Crippen molar-refractivity contribution in [3.05, 3.63) is 34.9 Å². The molecule has 0 amide bonds. The van der Waals surface area contributed by atoms with Gasteiger partial charge in [-0.15, -0.1) is 0 Å². The highest BCUT2D eigenvalue weighted by atomic mass is 35.5. The molecule has 0 aliphatic rings. The van der Waals surface area contributed by atoms with E-state index in [2.05, 4.69) is 5.32 Å². The van der Waals surface area contributed by atoms with Gasteiger partial charge < -0.3 is 5.11 Å². The predicted octanol–water partition coefficient (Wildman–Crippen LogP) is 2.85. The molecule has 2 N–H and O–H groups in total. The number of rotatable bonds is 5. The zero-order chi connectivity index (χ0) is 12.1. The number of nitrogens with one attached hydrogen (secondary N) is 1. The summed E-state index contributed by atoms with van der Waals surface area (Å²) in [5, 5.41) is 12.7. The van der Waals surface area contributed by atoms with Gasteiger partial charge in [0.1, 0.15) is 6.04 Å². The fraction of sp³-hybridized carbons (Fsp3) is 0.417. The van der Waals surface area contributed by atoms with Gasteiger partial charge in [0.2, 0.25) is 0 Å². The molecule has 2 unspecified atom stereocenters. The first-order chi connectivity index (χ1) is 7.56. The lowest BCUT2D eigenvalue weighted by atomic mass is 10.1. The highest BCUT2D eigenvalue weighted by molar-refractivity contribution is 6.31. The summed E-state index contributed by atoms with van der Waals surface area (Å²) in [4.78, 5) is 11.2. The fourth-order valence-electron chi connectivity index (χ4n) is 1.41. The Morgan fingerprint density at radius 3 is 2.62 bits per heavy atom. The first-order valence-electron chi connectivity index (χ1n) is 5.29. The molecule has 0 spiro atoms. The van der Waals surface area contributed by atoms with Crippen LogP contribution in [0.25, 0.3) is 0 Å². The third kappa shape index (κ3) is 3.22. The molecule has 1 rings (SSSR count). The van der Waals surface area contributed by atoms with Crippen molar-refractivity contribution in [2.24, 2.45) is 0 Å². The first-order valence-corrected chi connectivity index (χ1v) is 5.67. The molecule has 1 aromatic carbocycles. The second kappa shape index (κ2) is 5.87. The van der Waals surface area contributed by atoms with E-state index < -0.39 is 12.0 Å². The Labute approximate surface area is 100 Å². The summed E-state index contributed by atoms with van der Waals surface area (Å²) in [6.07, 6.45) is 0.869. The van der Waals surface area contributed by atoms with Crippen LogP contribution in [0.5, 0.6) is 0 Å². The van der Waals surface area contributed by atoms with Crippen molar-refractivity contribution in [2.75, 3.05) is 0 Å². The Hall–Kier alpha value is -1.06. The molecular weight excluding hydrogens is 226 g/mol. The Bertz CT molecular complexity index is 368. The quantitative estimate of drug-likeness (QED) is 0.834. The minimum atomic E-state index is -0.909. The summed E-state index contributed by atoms with van der Waals surface area (Å²) in [7, 11) is 0. The zero-order valence-corrected chi connectivity index (χ0v) is 10.2. The van der Waals surface area contributed by atoms with Crippen LogP contribution in [-0.2, 0) is 4.79 Å². The van der Waals surface area contributed by atoms with Crippen LogP contribution >= 0.6 is 11.6 Å². The second-order valence-electron chi connectivity index (χ2n) is 3.77. The molecule has 0 saturated heterocycles. The number of hydrogen-bond acceptors (Lipinski definition) is 2. The Kier molecular flexibility index (Phi) is 4.77. The molecule has 0 aliphatic carbocycles. The van der Waals surface area contributed by atoms with Crippen LogP contribution in [0.3, 0.4) is 0 Å². The van der Waals surface area contributed by atoms with E-state index in [1.807, 2.05) is 13.8 Å². The maximum absolute atomic E-state index is 11.2. The van der Waals surface area contributed by atoms with Gasteiger partial charge in [0.15, 0.2) is 0 Å². The second-order valence-corrected chi connectivity index (χ2v) is 4.18.